The largest absolute Gasteiger partial charge is 0.465 e. The second-order valence-electron chi connectivity index (χ2n) is 6.01. The molecule has 0 aromatic carbocycles. The lowest BCUT2D eigenvalue weighted by Gasteiger charge is -2.27. The van der Waals surface area contributed by atoms with Crippen LogP contribution < -0.4 is 0 Å². The summed E-state index contributed by atoms with van der Waals surface area (Å²) in [6, 6.07) is 0. The molecular weight excluding hydrogens is 288 g/mol. The van der Waals surface area contributed by atoms with Gasteiger partial charge in [0.15, 0.2) is 0 Å². The van der Waals surface area contributed by atoms with E-state index in [9.17, 15) is 19.2 Å². The Bertz CT molecular complexity index is 380. The molecule has 0 atom stereocenters. The highest BCUT2D eigenvalue weighted by atomic mass is 16.5. The predicted molar refractivity (Wildman–Crippen MR) is 78.0 cm³/mol. The first kappa shape index (κ1) is 18.3. The van der Waals surface area contributed by atoms with E-state index in [0.29, 0.717) is 25.0 Å². The molecule has 0 heterocycles. The van der Waals surface area contributed by atoms with Crippen LogP contribution in [-0.4, -0.2) is 36.7 Å². The van der Waals surface area contributed by atoms with E-state index in [1.165, 1.54) is 13.8 Å². The van der Waals surface area contributed by atoms with Gasteiger partial charge in [-0.1, -0.05) is 0 Å². The molecule has 0 aromatic rings. The average molecular weight is 312 g/mol. The van der Waals surface area contributed by atoms with Crippen molar-refractivity contribution in [1.29, 1.82) is 0 Å². The molecule has 1 saturated carbocycles. The lowest BCUT2D eigenvalue weighted by molar-refractivity contribution is -0.150. The van der Waals surface area contributed by atoms with Crippen molar-refractivity contribution in [3.8, 4) is 0 Å². The second-order valence-corrected chi connectivity index (χ2v) is 6.01. The van der Waals surface area contributed by atoms with Crippen molar-refractivity contribution in [3.05, 3.63) is 0 Å². The summed E-state index contributed by atoms with van der Waals surface area (Å²) >= 11 is 0. The van der Waals surface area contributed by atoms with Crippen LogP contribution in [0.2, 0.25) is 0 Å². The quantitative estimate of drug-likeness (QED) is 0.502. The van der Waals surface area contributed by atoms with Crippen molar-refractivity contribution in [3.63, 3.8) is 0 Å². The maximum absolute atomic E-state index is 11.3. The van der Waals surface area contributed by atoms with Crippen LogP contribution in [0.25, 0.3) is 0 Å². The van der Waals surface area contributed by atoms with E-state index in [2.05, 4.69) is 0 Å². The first-order chi connectivity index (χ1) is 10.4. The van der Waals surface area contributed by atoms with Crippen molar-refractivity contribution < 1.29 is 28.7 Å². The molecule has 0 unspecified atom stereocenters. The average Bonchev–Trinajstić information content (AvgIpc) is 2.42. The summed E-state index contributed by atoms with van der Waals surface area (Å²) in [5.41, 5.74) is 0. The molecule has 1 aliphatic rings. The van der Waals surface area contributed by atoms with Crippen LogP contribution in [-0.2, 0) is 28.7 Å². The first-order valence-corrected chi connectivity index (χ1v) is 7.67. The highest BCUT2D eigenvalue weighted by molar-refractivity contribution is 5.94. The van der Waals surface area contributed by atoms with Crippen molar-refractivity contribution in [2.45, 2.75) is 52.4 Å². The minimum absolute atomic E-state index is 0.165. The number of esters is 2. The Labute approximate surface area is 130 Å². The molecule has 0 N–H and O–H groups in total. The number of Topliss-reactive ketones (excluding diaryl/α,β-unsaturated/α-hetero) is 2. The van der Waals surface area contributed by atoms with Crippen LogP contribution in [0.1, 0.15) is 52.4 Å². The van der Waals surface area contributed by atoms with Crippen LogP contribution in [0.3, 0.4) is 0 Å². The molecule has 0 amide bonds. The summed E-state index contributed by atoms with van der Waals surface area (Å²) in [6.45, 7) is 3.42. The van der Waals surface area contributed by atoms with Crippen LogP contribution in [0.4, 0.5) is 0 Å². The monoisotopic (exact) mass is 312 g/mol. The van der Waals surface area contributed by atoms with Gasteiger partial charge in [0, 0.05) is 0 Å². The Morgan fingerprint density at radius 2 is 1.05 bits per heavy atom. The smallest absolute Gasteiger partial charge is 0.313 e. The Balaban J connectivity index is 2.15. The Morgan fingerprint density at radius 3 is 1.32 bits per heavy atom. The number of hydrogen-bond donors (Lipinski definition) is 0. The fraction of sp³-hybridized carbons (Fsp3) is 0.750. The van der Waals surface area contributed by atoms with Gasteiger partial charge >= 0.3 is 11.9 Å². The molecule has 124 valence electrons. The van der Waals surface area contributed by atoms with Gasteiger partial charge in [-0.3, -0.25) is 19.2 Å². The maximum atomic E-state index is 11.3. The molecule has 0 aliphatic heterocycles. The molecule has 0 bridgehead atoms. The zero-order chi connectivity index (χ0) is 16.5. The highest BCUT2D eigenvalue weighted by Crippen LogP contribution is 2.29. The summed E-state index contributed by atoms with van der Waals surface area (Å²) in [5.74, 6) is -0.706. The third kappa shape index (κ3) is 7.90. The van der Waals surface area contributed by atoms with Gasteiger partial charge < -0.3 is 9.47 Å². The van der Waals surface area contributed by atoms with Gasteiger partial charge in [-0.25, -0.2) is 0 Å². The fourth-order valence-electron chi connectivity index (χ4n) is 2.50. The van der Waals surface area contributed by atoms with Crippen LogP contribution in [0.15, 0.2) is 0 Å². The standard InChI is InChI=1S/C16H24O6/c1-11(17)7-15(19)21-9-13-3-5-14(6-4-13)10-22-16(20)8-12(2)18/h13-14H,3-10H2,1-2H3/t13-,14-. The van der Waals surface area contributed by atoms with Crippen LogP contribution >= 0.6 is 0 Å². The normalized spacial score (nSPS) is 21.0. The Kier molecular flexibility index (Phi) is 7.77. The molecule has 6 heteroatoms. The van der Waals surface area contributed by atoms with E-state index in [4.69, 9.17) is 9.47 Å². The summed E-state index contributed by atoms with van der Waals surface area (Å²) in [4.78, 5) is 44.2. The van der Waals surface area contributed by atoms with Gasteiger partial charge in [-0.2, -0.15) is 0 Å². The molecule has 1 fully saturated rings. The van der Waals surface area contributed by atoms with Crippen LogP contribution in [0.5, 0.6) is 0 Å². The SMILES string of the molecule is CC(=O)CC(=O)OC[C@H]1CC[C@H](COC(=O)CC(C)=O)CC1. The highest BCUT2D eigenvalue weighted by Gasteiger charge is 2.23. The minimum Gasteiger partial charge on any atom is -0.465 e. The zero-order valence-electron chi connectivity index (χ0n) is 13.3. The zero-order valence-corrected chi connectivity index (χ0v) is 13.3. The summed E-state index contributed by atoms with van der Waals surface area (Å²) in [7, 11) is 0. The second kappa shape index (κ2) is 9.33. The molecule has 6 nitrogen and oxygen atoms in total. The number of hydrogen-bond acceptors (Lipinski definition) is 6. The third-order valence-electron chi connectivity index (χ3n) is 3.71. The van der Waals surface area contributed by atoms with Gasteiger partial charge in [0.2, 0.25) is 0 Å². The number of ketones is 2. The van der Waals surface area contributed by atoms with Crippen molar-refractivity contribution >= 4 is 23.5 Å². The lowest BCUT2D eigenvalue weighted by atomic mass is 9.83. The van der Waals surface area contributed by atoms with Gasteiger partial charge in [-0.05, 0) is 51.4 Å². The molecule has 1 rings (SSSR count). The van der Waals surface area contributed by atoms with Crippen LogP contribution in [0, 0.1) is 11.8 Å². The van der Waals surface area contributed by atoms with Gasteiger partial charge in [0.1, 0.15) is 24.4 Å². The molecule has 1 aliphatic carbocycles. The van der Waals surface area contributed by atoms with E-state index >= 15 is 0 Å². The van der Waals surface area contributed by atoms with E-state index in [-0.39, 0.29) is 24.4 Å². The summed E-state index contributed by atoms with van der Waals surface area (Å²) in [6.07, 6.45) is 3.29. The van der Waals surface area contributed by atoms with Crippen molar-refractivity contribution in [1.82, 2.24) is 0 Å². The lowest BCUT2D eigenvalue weighted by Crippen LogP contribution is -2.24. The van der Waals surface area contributed by atoms with E-state index in [1.54, 1.807) is 0 Å². The molecule has 0 spiro atoms. The van der Waals surface area contributed by atoms with E-state index in [0.717, 1.165) is 25.7 Å². The Hall–Kier alpha value is -1.72. The summed E-state index contributed by atoms with van der Waals surface area (Å²) < 4.78 is 10.2. The number of rotatable bonds is 8. The van der Waals surface area contributed by atoms with E-state index in [1.807, 2.05) is 0 Å². The Morgan fingerprint density at radius 1 is 0.727 bits per heavy atom. The molecule has 0 aromatic heterocycles. The molecule has 22 heavy (non-hydrogen) atoms. The fourth-order valence-corrected chi connectivity index (χ4v) is 2.50. The molecular formula is C16H24O6. The number of ether oxygens (including phenoxy) is 2. The van der Waals surface area contributed by atoms with Gasteiger partial charge in [0.05, 0.1) is 13.2 Å². The van der Waals surface area contributed by atoms with Gasteiger partial charge in [0.25, 0.3) is 0 Å². The number of carbonyl (C=O) groups excluding carboxylic acids is 4. The van der Waals surface area contributed by atoms with Gasteiger partial charge in [-0.15, -0.1) is 0 Å². The minimum atomic E-state index is -0.465. The summed E-state index contributed by atoms with van der Waals surface area (Å²) in [5, 5.41) is 0. The molecule has 0 radical (unpaired) electrons. The maximum Gasteiger partial charge on any atom is 0.313 e. The van der Waals surface area contributed by atoms with Crippen molar-refractivity contribution in [2.24, 2.45) is 11.8 Å². The first-order valence-electron chi connectivity index (χ1n) is 7.67. The van der Waals surface area contributed by atoms with E-state index < -0.39 is 11.9 Å². The topological polar surface area (TPSA) is 86.7 Å². The third-order valence-corrected chi connectivity index (χ3v) is 3.71. The number of carbonyl (C=O) groups is 4. The predicted octanol–water partition coefficient (Wildman–Crippen LogP) is 1.84. The van der Waals surface area contributed by atoms with Crippen molar-refractivity contribution in [2.75, 3.05) is 13.2 Å². The molecule has 0 saturated heterocycles.